The van der Waals surface area contributed by atoms with Gasteiger partial charge in [0.2, 0.25) is 0 Å². The Kier molecular flexibility index (Phi) is 4.86. The summed E-state index contributed by atoms with van der Waals surface area (Å²) in [6.07, 6.45) is 3.58. The van der Waals surface area contributed by atoms with E-state index in [9.17, 15) is 0 Å². The van der Waals surface area contributed by atoms with Gasteiger partial charge in [0.1, 0.15) is 0 Å². The van der Waals surface area contributed by atoms with Gasteiger partial charge >= 0.3 is 0 Å². The molecule has 3 heteroatoms. The lowest BCUT2D eigenvalue weighted by Crippen LogP contribution is -2.25. The number of nitrogens with zero attached hydrogens (tertiary/aromatic N) is 2. The Labute approximate surface area is 85.3 Å². The Hall–Kier alpha value is -1.22. The molecule has 0 aliphatic rings. The zero-order valence-electron chi connectivity index (χ0n) is 8.77. The quantitative estimate of drug-likeness (QED) is 0.565. The standard InChI is InChI=1S/C11H17N3/c1-10(2)13-8-7-12-9-11-5-3-4-6-14-11/h3-6,9-10,13H,7-8H2,1-2H3. The molecule has 1 rings (SSSR count). The molecule has 0 fully saturated rings. The number of aliphatic imine (C=N–C) groups is 1. The van der Waals surface area contributed by atoms with Gasteiger partial charge in [0.05, 0.1) is 12.2 Å². The predicted molar refractivity (Wildman–Crippen MR) is 59.8 cm³/mol. The molecule has 3 nitrogen and oxygen atoms in total. The van der Waals surface area contributed by atoms with Crippen molar-refractivity contribution in [1.29, 1.82) is 0 Å². The summed E-state index contributed by atoms with van der Waals surface area (Å²) in [5, 5.41) is 3.30. The van der Waals surface area contributed by atoms with Gasteiger partial charge in [0.15, 0.2) is 0 Å². The minimum atomic E-state index is 0.528. The van der Waals surface area contributed by atoms with E-state index in [1.54, 1.807) is 6.20 Å². The van der Waals surface area contributed by atoms with Crippen LogP contribution in [0.15, 0.2) is 29.4 Å². The van der Waals surface area contributed by atoms with Gasteiger partial charge < -0.3 is 5.32 Å². The normalized spacial score (nSPS) is 11.4. The van der Waals surface area contributed by atoms with Gasteiger partial charge in [-0.3, -0.25) is 9.98 Å². The van der Waals surface area contributed by atoms with Crippen LogP contribution >= 0.6 is 0 Å². The van der Waals surface area contributed by atoms with Crippen LogP contribution in [0.1, 0.15) is 19.5 Å². The van der Waals surface area contributed by atoms with E-state index in [2.05, 4.69) is 29.1 Å². The monoisotopic (exact) mass is 191 g/mol. The summed E-state index contributed by atoms with van der Waals surface area (Å²) in [6.45, 7) is 5.97. The molecule has 0 saturated carbocycles. The SMILES string of the molecule is CC(C)NCCN=Cc1ccccn1. The summed E-state index contributed by atoms with van der Waals surface area (Å²) in [5.74, 6) is 0. The molecule has 0 radical (unpaired) electrons. The molecule has 0 bridgehead atoms. The van der Waals surface area contributed by atoms with Crippen LogP contribution in [0.4, 0.5) is 0 Å². The summed E-state index contributed by atoms with van der Waals surface area (Å²) in [6, 6.07) is 6.33. The summed E-state index contributed by atoms with van der Waals surface area (Å²) < 4.78 is 0. The van der Waals surface area contributed by atoms with E-state index in [1.165, 1.54) is 0 Å². The minimum Gasteiger partial charge on any atom is -0.313 e. The second-order valence-corrected chi connectivity index (χ2v) is 3.40. The molecule has 0 atom stereocenters. The molecule has 0 aromatic carbocycles. The van der Waals surface area contributed by atoms with Crippen molar-refractivity contribution >= 4 is 6.21 Å². The van der Waals surface area contributed by atoms with E-state index in [0.717, 1.165) is 18.8 Å². The summed E-state index contributed by atoms with van der Waals surface area (Å²) in [4.78, 5) is 8.41. The molecule has 0 unspecified atom stereocenters. The highest BCUT2D eigenvalue weighted by Gasteiger charge is 1.89. The van der Waals surface area contributed by atoms with Crippen LogP contribution in [0.2, 0.25) is 0 Å². The van der Waals surface area contributed by atoms with E-state index in [1.807, 2.05) is 24.4 Å². The van der Waals surface area contributed by atoms with Crippen molar-refractivity contribution in [3.8, 4) is 0 Å². The molecule has 1 N–H and O–H groups in total. The first kappa shape index (κ1) is 10.9. The van der Waals surface area contributed by atoms with E-state index < -0.39 is 0 Å². The van der Waals surface area contributed by atoms with E-state index >= 15 is 0 Å². The Balaban J connectivity index is 2.21. The maximum Gasteiger partial charge on any atom is 0.0807 e. The highest BCUT2D eigenvalue weighted by molar-refractivity contribution is 5.76. The van der Waals surface area contributed by atoms with Gasteiger partial charge in [-0.25, -0.2) is 0 Å². The summed E-state index contributed by atoms with van der Waals surface area (Å²) >= 11 is 0. The zero-order valence-corrected chi connectivity index (χ0v) is 8.77. The molecular formula is C11H17N3. The molecule has 76 valence electrons. The van der Waals surface area contributed by atoms with Crippen molar-refractivity contribution in [2.75, 3.05) is 13.1 Å². The van der Waals surface area contributed by atoms with Crippen molar-refractivity contribution in [1.82, 2.24) is 10.3 Å². The van der Waals surface area contributed by atoms with Crippen molar-refractivity contribution in [2.24, 2.45) is 4.99 Å². The van der Waals surface area contributed by atoms with Gasteiger partial charge in [-0.1, -0.05) is 19.9 Å². The first-order chi connectivity index (χ1) is 6.79. The van der Waals surface area contributed by atoms with Crippen LogP contribution in [0.3, 0.4) is 0 Å². The van der Waals surface area contributed by atoms with Crippen molar-refractivity contribution in [3.63, 3.8) is 0 Å². The van der Waals surface area contributed by atoms with Crippen LogP contribution < -0.4 is 5.32 Å². The number of hydrogen-bond donors (Lipinski definition) is 1. The lowest BCUT2D eigenvalue weighted by molar-refractivity contribution is 0.597. The summed E-state index contributed by atoms with van der Waals surface area (Å²) in [5.41, 5.74) is 0.914. The Morgan fingerprint density at radius 1 is 1.50 bits per heavy atom. The predicted octanol–water partition coefficient (Wildman–Crippen LogP) is 1.50. The van der Waals surface area contributed by atoms with Crippen molar-refractivity contribution < 1.29 is 0 Å². The molecule has 0 aliphatic carbocycles. The topological polar surface area (TPSA) is 37.3 Å². The second kappa shape index (κ2) is 6.27. The number of nitrogens with one attached hydrogen (secondary N) is 1. The van der Waals surface area contributed by atoms with Crippen molar-refractivity contribution in [2.45, 2.75) is 19.9 Å². The van der Waals surface area contributed by atoms with Gasteiger partial charge in [0.25, 0.3) is 0 Å². The van der Waals surface area contributed by atoms with Crippen LogP contribution in [0.25, 0.3) is 0 Å². The van der Waals surface area contributed by atoms with Gasteiger partial charge in [0, 0.05) is 25.0 Å². The second-order valence-electron chi connectivity index (χ2n) is 3.40. The van der Waals surface area contributed by atoms with Gasteiger partial charge in [-0.15, -0.1) is 0 Å². The smallest absolute Gasteiger partial charge is 0.0807 e. The maximum absolute atomic E-state index is 4.26. The molecule has 0 saturated heterocycles. The third-order valence-electron chi connectivity index (χ3n) is 1.70. The first-order valence-corrected chi connectivity index (χ1v) is 4.93. The first-order valence-electron chi connectivity index (χ1n) is 4.93. The lowest BCUT2D eigenvalue weighted by atomic mass is 10.4. The number of hydrogen-bond acceptors (Lipinski definition) is 3. The molecule has 14 heavy (non-hydrogen) atoms. The van der Waals surface area contributed by atoms with Gasteiger partial charge in [-0.05, 0) is 12.1 Å². The molecule has 0 amide bonds. The Morgan fingerprint density at radius 2 is 2.36 bits per heavy atom. The number of rotatable bonds is 5. The van der Waals surface area contributed by atoms with Crippen LogP contribution in [0.5, 0.6) is 0 Å². The fourth-order valence-corrected chi connectivity index (χ4v) is 1.03. The maximum atomic E-state index is 4.26. The lowest BCUT2D eigenvalue weighted by Gasteiger charge is -2.04. The number of aromatic nitrogens is 1. The van der Waals surface area contributed by atoms with Crippen LogP contribution in [-0.4, -0.2) is 30.3 Å². The average molecular weight is 191 g/mol. The third-order valence-corrected chi connectivity index (χ3v) is 1.70. The Bertz CT molecular complexity index is 267. The highest BCUT2D eigenvalue weighted by atomic mass is 14.9. The largest absolute Gasteiger partial charge is 0.313 e. The molecular weight excluding hydrogens is 174 g/mol. The average Bonchev–Trinajstić information content (AvgIpc) is 2.18. The van der Waals surface area contributed by atoms with E-state index in [0.29, 0.717) is 6.04 Å². The fourth-order valence-electron chi connectivity index (χ4n) is 1.03. The molecule has 1 heterocycles. The summed E-state index contributed by atoms with van der Waals surface area (Å²) in [7, 11) is 0. The fraction of sp³-hybridized carbons (Fsp3) is 0.455. The number of pyridine rings is 1. The van der Waals surface area contributed by atoms with Crippen LogP contribution in [-0.2, 0) is 0 Å². The van der Waals surface area contributed by atoms with E-state index in [-0.39, 0.29) is 0 Å². The highest BCUT2D eigenvalue weighted by Crippen LogP contribution is 1.88. The third kappa shape index (κ3) is 4.72. The Morgan fingerprint density at radius 3 is 3.00 bits per heavy atom. The molecule has 1 aromatic heterocycles. The molecule has 1 aromatic rings. The van der Waals surface area contributed by atoms with E-state index in [4.69, 9.17) is 0 Å². The molecule has 0 spiro atoms. The van der Waals surface area contributed by atoms with Crippen LogP contribution in [0, 0.1) is 0 Å². The van der Waals surface area contributed by atoms with Crippen molar-refractivity contribution in [3.05, 3.63) is 30.1 Å². The minimum absolute atomic E-state index is 0.528. The molecule has 0 aliphatic heterocycles. The van der Waals surface area contributed by atoms with Gasteiger partial charge in [-0.2, -0.15) is 0 Å². The zero-order chi connectivity index (χ0) is 10.2.